The molecule has 2 unspecified atom stereocenters. The third-order valence-corrected chi connectivity index (χ3v) is 10.1. The first-order valence-electron chi connectivity index (χ1n) is 9.16. The Bertz CT molecular complexity index is 528. The van der Waals surface area contributed by atoms with E-state index >= 15 is 0 Å². The zero-order valence-corrected chi connectivity index (χ0v) is 18.5. The van der Waals surface area contributed by atoms with Crippen LogP contribution < -0.4 is 0 Å². The molecule has 25 heavy (non-hydrogen) atoms. The van der Waals surface area contributed by atoms with Crippen molar-refractivity contribution >= 4 is 14.4 Å². The second-order valence-corrected chi connectivity index (χ2v) is 14.7. The number of hydrogen-bond acceptors (Lipinski definition) is 4. The second-order valence-electron chi connectivity index (χ2n) is 9.86. The van der Waals surface area contributed by atoms with Crippen LogP contribution >= 0.6 is 0 Å². The van der Waals surface area contributed by atoms with E-state index in [1.54, 1.807) is 7.05 Å². The third kappa shape index (κ3) is 5.45. The molecule has 0 N–H and O–H groups in total. The van der Waals surface area contributed by atoms with Crippen LogP contribution in [0.4, 0.5) is 4.79 Å². The van der Waals surface area contributed by atoms with Crippen molar-refractivity contribution in [1.82, 2.24) is 4.90 Å². The smallest absolute Gasteiger partial charge is 0.411 e. The number of hydrogen-bond donors (Lipinski definition) is 0. The molecule has 0 aromatic carbocycles. The summed E-state index contributed by atoms with van der Waals surface area (Å²) in [7, 11) is -0.123. The highest BCUT2D eigenvalue weighted by atomic mass is 28.4. The number of carbonyl (C=O) groups excluding carboxylic acids is 1. The summed E-state index contributed by atoms with van der Waals surface area (Å²) in [5.41, 5.74) is -1.35. The zero-order chi connectivity index (χ0) is 19.7. The van der Waals surface area contributed by atoms with E-state index in [1.165, 1.54) is 4.90 Å². The zero-order valence-electron chi connectivity index (χ0n) is 17.5. The van der Waals surface area contributed by atoms with Gasteiger partial charge in [-0.2, -0.15) is 5.26 Å². The van der Waals surface area contributed by atoms with Crippen molar-refractivity contribution < 1.29 is 14.0 Å². The van der Waals surface area contributed by atoms with Gasteiger partial charge in [0.2, 0.25) is 0 Å². The van der Waals surface area contributed by atoms with Gasteiger partial charge in [0, 0.05) is 13.7 Å². The van der Waals surface area contributed by atoms with Gasteiger partial charge >= 0.3 is 6.09 Å². The van der Waals surface area contributed by atoms with Crippen molar-refractivity contribution in [2.24, 2.45) is 5.92 Å². The molecule has 0 aromatic rings. The number of nitrogens with zero attached hydrogens (tertiary/aromatic N) is 2. The van der Waals surface area contributed by atoms with Crippen LogP contribution in [0.5, 0.6) is 0 Å². The second kappa shape index (κ2) is 7.28. The van der Waals surface area contributed by atoms with Gasteiger partial charge in [0.05, 0.1) is 6.07 Å². The molecule has 0 saturated heterocycles. The number of carbonyl (C=O) groups is 1. The fourth-order valence-electron chi connectivity index (χ4n) is 2.80. The highest BCUT2D eigenvalue weighted by Gasteiger charge is 2.47. The Hall–Kier alpha value is -1.06. The molecule has 0 aromatic heterocycles. The molecule has 1 rings (SSSR count). The molecule has 0 radical (unpaired) electrons. The summed E-state index contributed by atoms with van der Waals surface area (Å²) in [6, 6.07) is 2.38. The van der Waals surface area contributed by atoms with E-state index in [4.69, 9.17) is 9.16 Å². The lowest BCUT2D eigenvalue weighted by atomic mass is 9.96. The quantitative estimate of drug-likeness (QED) is 0.660. The molecule has 144 valence electrons. The molecule has 5 nitrogen and oxygen atoms in total. The van der Waals surface area contributed by atoms with Gasteiger partial charge in [-0.1, -0.05) is 20.8 Å². The maximum Gasteiger partial charge on any atom is 0.411 e. The SMILES string of the molecule is CN(C(=O)OC(C)(C)C)C1(C#N)CCC(CO[Si](C)(C)C(C)(C)C)C1. The van der Waals surface area contributed by atoms with E-state index in [0.717, 1.165) is 6.42 Å². The fraction of sp³-hybridized carbons (Fsp3) is 0.895. The predicted octanol–water partition coefficient (Wildman–Crippen LogP) is 4.94. The summed E-state index contributed by atoms with van der Waals surface area (Å²) in [6.07, 6.45) is 1.79. The minimum absolute atomic E-state index is 0.172. The number of amides is 1. The van der Waals surface area contributed by atoms with Crippen LogP contribution in [0, 0.1) is 17.2 Å². The first-order chi connectivity index (χ1) is 11.1. The molecule has 1 saturated carbocycles. The Kier molecular flexibility index (Phi) is 6.40. The largest absolute Gasteiger partial charge is 0.444 e. The predicted molar refractivity (Wildman–Crippen MR) is 103 cm³/mol. The van der Waals surface area contributed by atoms with Gasteiger partial charge < -0.3 is 9.16 Å². The topological polar surface area (TPSA) is 62.6 Å². The molecule has 0 aliphatic heterocycles. The van der Waals surface area contributed by atoms with Crippen molar-refractivity contribution in [2.45, 2.75) is 90.1 Å². The van der Waals surface area contributed by atoms with Gasteiger partial charge in [-0.25, -0.2) is 4.79 Å². The molecule has 0 heterocycles. The lowest BCUT2D eigenvalue weighted by molar-refractivity contribution is 0.0139. The van der Waals surface area contributed by atoms with Gasteiger partial charge in [-0.15, -0.1) is 0 Å². The van der Waals surface area contributed by atoms with Crippen molar-refractivity contribution in [2.75, 3.05) is 13.7 Å². The number of rotatable bonds is 4. The minimum atomic E-state index is -1.80. The molecular formula is C19H36N2O3Si. The van der Waals surface area contributed by atoms with Crippen molar-refractivity contribution in [1.29, 1.82) is 5.26 Å². The normalized spacial score (nSPS) is 24.7. The Morgan fingerprint density at radius 2 is 1.84 bits per heavy atom. The van der Waals surface area contributed by atoms with Gasteiger partial charge in [0.25, 0.3) is 0 Å². The molecule has 0 bridgehead atoms. The Balaban J connectivity index is 2.74. The van der Waals surface area contributed by atoms with Crippen LogP contribution in [-0.4, -0.2) is 44.1 Å². The van der Waals surface area contributed by atoms with Gasteiger partial charge in [-0.3, -0.25) is 4.90 Å². The lowest BCUT2D eigenvalue weighted by Gasteiger charge is -2.37. The summed E-state index contributed by atoms with van der Waals surface area (Å²) in [4.78, 5) is 13.9. The maximum atomic E-state index is 12.4. The van der Waals surface area contributed by atoms with Crippen LogP contribution in [0.15, 0.2) is 0 Å². The monoisotopic (exact) mass is 368 g/mol. The molecule has 1 aliphatic rings. The standard InChI is InChI=1S/C19H36N2O3Si/c1-17(2,3)24-16(22)21(7)19(14-20)11-10-15(12-19)13-23-25(8,9)18(4,5)6/h15H,10-13H2,1-9H3. The molecule has 1 amide bonds. The Labute approximate surface area is 154 Å². The fourth-order valence-corrected chi connectivity index (χ4v) is 3.88. The van der Waals surface area contributed by atoms with Crippen molar-refractivity contribution in [3.63, 3.8) is 0 Å². The van der Waals surface area contributed by atoms with E-state index in [2.05, 4.69) is 39.9 Å². The van der Waals surface area contributed by atoms with Crippen LogP contribution in [0.3, 0.4) is 0 Å². The van der Waals surface area contributed by atoms with E-state index in [9.17, 15) is 10.1 Å². The summed E-state index contributed by atoms with van der Waals surface area (Å²) in [5.74, 6) is 0.304. The van der Waals surface area contributed by atoms with Gasteiger partial charge in [-0.05, 0) is 64.1 Å². The molecule has 6 heteroatoms. The minimum Gasteiger partial charge on any atom is -0.444 e. The summed E-state index contributed by atoms with van der Waals surface area (Å²) in [5, 5.41) is 9.95. The number of ether oxygens (including phenoxy) is 1. The molecule has 0 spiro atoms. The summed E-state index contributed by atoms with van der Waals surface area (Å²) >= 11 is 0. The Morgan fingerprint density at radius 3 is 2.28 bits per heavy atom. The Morgan fingerprint density at radius 1 is 1.28 bits per heavy atom. The molecule has 1 fully saturated rings. The third-order valence-electron chi connectivity index (χ3n) is 5.60. The number of nitriles is 1. The summed E-state index contributed by atoms with van der Waals surface area (Å²) in [6.45, 7) is 17.3. The van der Waals surface area contributed by atoms with Crippen LogP contribution in [0.1, 0.15) is 60.8 Å². The summed E-state index contributed by atoms with van der Waals surface area (Å²) < 4.78 is 11.8. The molecular weight excluding hydrogens is 332 g/mol. The highest BCUT2D eigenvalue weighted by molar-refractivity contribution is 6.74. The average molecular weight is 369 g/mol. The van der Waals surface area contributed by atoms with Gasteiger partial charge in [0.1, 0.15) is 11.1 Å². The van der Waals surface area contributed by atoms with E-state index in [0.29, 0.717) is 25.4 Å². The highest BCUT2D eigenvalue weighted by Crippen LogP contribution is 2.41. The van der Waals surface area contributed by atoms with Crippen molar-refractivity contribution in [3.05, 3.63) is 0 Å². The first kappa shape index (κ1) is 22.0. The van der Waals surface area contributed by atoms with E-state index < -0.39 is 25.6 Å². The maximum absolute atomic E-state index is 12.4. The lowest BCUT2D eigenvalue weighted by Crippen LogP contribution is -2.49. The van der Waals surface area contributed by atoms with E-state index in [-0.39, 0.29) is 5.04 Å². The molecule has 2 atom stereocenters. The molecule has 1 aliphatic carbocycles. The average Bonchev–Trinajstić information content (AvgIpc) is 2.86. The van der Waals surface area contributed by atoms with Crippen LogP contribution in [0.25, 0.3) is 0 Å². The first-order valence-corrected chi connectivity index (χ1v) is 12.1. The van der Waals surface area contributed by atoms with Gasteiger partial charge in [0.15, 0.2) is 8.32 Å². The van der Waals surface area contributed by atoms with E-state index in [1.807, 2.05) is 20.8 Å². The van der Waals surface area contributed by atoms with Crippen molar-refractivity contribution in [3.8, 4) is 6.07 Å². The van der Waals surface area contributed by atoms with Crippen LogP contribution in [0.2, 0.25) is 18.1 Å². The van der Waals surface area contributed by atoms with Crippen LogP contribution in [-0.2, 0) is 9.16 Å².